The van der Waals surface area contributed by atoms with Crippen molar-refractivity contribution in [3.05, 3.63) is 118 Å². The van der Waals surface area contributed by atoms with Crippen LogP contribution in [-0.2, 0) is 6.42 Å². The largest absolute Gasteiger partial charge is 0.455 e. The Morgan fingerprint density at radius 1 is 1.03 bits per heavy atom. The van der Waals surface area contributed by atoms with Crippen molar-refractivity contribution < 1.29 is 13.9 Å². The minimum absolute atomic E-state index is 0.0486. The van der Waals surface area contributed by atoms with Crippen molar-refractivity contribution in [3.63, 3.8) is 0 Å². The zero-order valence-corrected chi connectivity index (χ0v) is 21.3. The minimum atomic E-state index is -0.392. The molecule has 0 saturated carbocycles. The lowest BCUT2D eigenvalue weighted by atomic mass is 9.98. The van der Waals surface area contributed by atoms with Gasteiger partial charge in [-0.15, -0.1) is 0 Å². The zero-order valence-electron chi connectivity index (χ0n) is 21.3. The summed E-state index contributed by atoms with van der Waals surface area (Å²) < 4.78 is 19.4. The van der Waals surface area contributed by atoms with E-state index in [2.05, 4.69) is 28.8 Å². The van der Waals surface area contributed by atoms with Crippen LogP contribution in [0.4, 0.5) is 4.39 Å². The summed E-state index contributed by atoms with van der Waals surface area (Å²) in [4.78, 5) is 38.2. The number of nitrogens with zero attached hydrogens (tertiary/aromatic N) is 2. The first-order chi connectivity index (χ1) is 18.3. The second-order valence-electron chi connectivity index (χ2n) is 9.48. The maximum Gasteiger partial charge on any atom is 0.200 e. The monoisotopic (exact) mass is 507 g/mol. The van der Waals surface area contributed by atoms with Crippen LogP contribution in [0.15, 0.2) is 84.0 Å². The lowest BCUT2D eigenvalue weighted by Gasteiger charge is -2.11. The standard InChI is InChI=1S/C31H26FN3O3/c1-18(2)22-15-26-30(35-16-22)28(12-13-33-26)38-24-10-4-20(5-11-24)14-27(36)25-17-34-19(3)29(31(25)37)21-6-8-23(32)9-7-21/h4-13,15-18H,14H2,1-3H3,(H,34,37). The van der Waals surface area contributed by atoms with Crippen LogP contribution in [0.2, 0.25) is 0 Å². The van der Waals surface area contributed by atoms with Gasteiger partial charge in [0.25, 0.3) is 0 Å². The summed E-state index contributed by atoms with van der Waals surface area (Å²) in [5.41, 5.74) is 4.49. The van der Waals surface area contributed by atoms with Crippen LogP contribution in [0.3, 0.4) is 0 Å². The van der Waals surface area contributed by atoms with E-state index in [-0.39, 0.29) is 23.2 Å². The number of aromatic amines is 1. The van der Waals surface area contributed by atoms with Gasteiger partial charge in [0.15, 0.2) is 17.0 Å². The fraction of sp³-hybridized carbons (Fsp3) is 0.161. The van der Waals surface area contributed by atoms with Crippen molar-refractivity contribution in [2.24, 2.45) is 0 Å². The Balaban J connectivity index is 1.34. The van der Waals surface area contributed by atoms with Gasteiger partial charge in [-0.1, -0.05) is 38.1 Å². The normalized spacial score (nSPS) is 11.2. The zero-order chi connectivity index (χ0) is 26.8. The number of fused-ring (bicyclic) bond motifs is 1. The van der Waals surface area contributed by atoms with E-state index < -0.39 is 5.82 Å². The van der Waals surface area contributed by atoms with Crippen LogP contribution in [0, 0.1) is 12.7 Å². The molecule has 0 radical (unpaired) electrons. The van der Waals surface area contributed by atoms with E-state index in [0.717, 1.165) is 16.6 Å². The summed E-state index contributed by atoms with van der Waals surface area (Å²) in [6.07, 6.45) is 5.02. The number of benzene rings is 2. The molecular weight excluding hydrogens is 481 g/mol. The van der Waals surface area contributed by atoms with Crippen molar-refractivity contribution in [2.45, 2.75) is 33.1 Å². The number of halogens is 1. The Labute approximate surface area is 219 Å². The van der Waals surface area contributed by atoms with Gasteiger partial charge >= 0.3 is 0 Å². The van der Waals surface area contributed by atoms with E-state index in [0.29, 0.717) is 39.8 Å². The minimum Gasteiger partial charge on any atom is -0.455 e. The SMILES string of the molecule is Cc1[nH]cc(C(=O)Cc2ccc(Oc3ccnc4cc(C(C)C)cnc34)cc2)c(=O)c1-c1ccc(F)cc1. The summed E-state index contributed by atoms with van der Waals surface area (Å²) in [5, 5.41) is 0. The van der Waals surface area contributed by atoms with Crippen LogP contribution in [0.25, 0.3) is 22.2 Å². The van der Waals surface area contributed by atoms with Crippen LogP contribution < -0.4 is 10.2 Å². The van der Waals surface area contributed by atoms with E-state index in [1.54, 1.807) is 43.5 Å². The number of nitrogens with one attached hydrogen (secondary N) is 1. The number of ketones is 1. The molecule has 0 saturated heterocycles. The number of H-pyrrole nitrogens is 1. The third-order valence-corrected chi connectivity index (χ3v) is 6.46. The van der Waals surface area contributed by atoms with E-state index in [4.69, 9.17) is 4.74 Å². The molecule has 0 fully saturated rings. The smallest absolute Gasteiger partial charge is 0.200 e. The number of aryl methyl sites for hydroxylation is 1. The molecule has 0 aliphatic heterocycles. The fourth-order valence-corrected chi connectivity index (χ4v) is 4.30. The Morgan fingerprint density at radius 3 is 2.47 bits per heavy atom. The summed E-state index contributed by atoms with van der Waals surface area (Å²) in [6.45, 7) is 5.96. The molecule has 38 heavy (non-hydrogen) atoms. The first-order valence-electron chi connectivity index (χ1n) is 12.3. The molecule has 190 valence electrons. The van der Waals surface area contributed by atoms with Crippen molar-refractivity contribution in [1.29, 1.82) is 0 Å². The molecule has 0 aliphatic carbocycles. The van der Waals surface area contributed by atoms with Gasteiger partial charge < -0.3 is 9.72 Å². The maximum absolute atomic E-state index is 13.4. The maximum atomic E-state index is 13.4. The fourth-order valence-electron chi connectivity index (χ4n) is 4.30. The van der Waals surface area contributed by atoms with Crippen molar-refractivity contribution in [1.82, 2.24) is 15.0 Å². The molecule has 1 N–H and O–H groups in total. The van der Waals surface area contributed by atoms with Gasteiger partial charge in [-0.3, -0.25) is 19.6 Å². The number of carbonyl (C=O) groups excluding carboxylic acids is 1. The first kappa shape index (κ1) is 25.0. The molecule has 0 amide bonds. The predicted molar refractivity (Wildman–Crippen MR) is 145 cm³/mol. The van der Waals surface area contributed by atoms with E-state index in [1.807, 2.05) is 12.3 Å². The van der Waals surface area contributed by atoms with Crippen LogP contribution in [0.5, 0.6) is 11.5 Å². The summed E-state index contributed by atoms with van der Waals surface area (Å²) in [5.74, 6) is 0.826. The molecule has 0 aliphatic rings. The number of pyridine rings is 3. The molecule has 5 aromatic rings. The highest BCUT2D eigenvalue weighted by Crippen LogP contribution is 2.29. The van der Waals surface area contributed by atoms with Crippen molar-refractivity contribution in [2.75, 3.05) is 0 Å². The molecule has 2 aromatic carbocycles. The average molecular weight is 508 g/mol. The highest BCUT2D eigenvalue weighted by Gasteiger charge is 2.17. The summed E-state index contributed by atoms with van der Waals surface area (Å²) in [7, 11) is 0. The van der Waals surface area contributed by atoms with Gasteiger partial charge in [0, 0.05) is 42.3 Å². The molecule has 0 atom stereocenters. The quantitative estimate of drug-likeness (QED) is 0.246. The predicted octanol–water partition coefficient (Wildman–Crippen LogP) is 6.77. The van der Waals surface area contributed by atoms with E-state index in [9.17, 15) is 14.0 Å². The Kier molecular flexibility index (Phi) is 6.83. The lowest BCUT2D eigenvalue weighted by Crippen LogP contribution is -2.20. The molecule has 3 aromatic heterocycles. The average Bonchev–Trinajstić information content (AvgIpc) is 2.90. The second kappa shape index (κ2) is 10.4. The number of hydrogen-bond donors (Lipinski definition) is 1. The number of rotatable bonds is 7. The number of aromatic nitrogens is 3. The second-order valence-corrected chi connectivity index (χ2v) is 9.48. The Bertz CT molecular complexity index is 1690. The molecule has 3 heterocycles. The van der Waals surface area contributed by atoms with Gasteiger partial charge in [0.1, 0.15) is 17.1 Å². The Morgan fingerprint density at radius 2 is 1.76 bits per heavy atom. The molecule has 0 unspecified atom stereocenters. The van der Waals surface area contributed by atoms with Crippen LogP contribution in [0.1, 0.15) is 46.9 Å². The third-order valence-electron chi connectivity index (χ3n) is 6.46. The van der Waals surface area contributed by atoms with Gasteiger partial charge in [-0.2, -0.15) is 0 Å². The van der Waals surface area contributed by atoms with E-state index >= 15 is 0 Å². The first-order valence-corrected chi connectivity index (χ1v) is 12.3. The van der Waals surface area contributed by atoms with Gasteiger partial charge in [-0.25, -0.2) is 4.39 Å². The third kappa shape index (κ3) is 5.09. The van der Waals surface area contributed by atoms with Gasteiger partial charge in [0.05, 0.1) is 11.1 Å². The van der Waals surface area contributed by atoms with Gasteiger partial charge in [-0.05, 0) is 59.9 Å². The molecule has 0 spiro atoms. The summed E-state index contributed by atoms with van der Waals surface area (Å²) in [6, 6.07) is 16.6. The molecule has 6 nitrogen and oxygen atoms in total. The summed E-state index contributed by atoms with van der Waals surface area (Å²) >= 11 is 0. The number of carbonyl (C=O) groups is 1. The Hall–Kier alpha value is -4.65. The van der Waals surface area contributed by atoms with Crippen molar-refractivity contribution >= 4 is 16.8 Å². The number of Topliss-reactive ketones (excluding diaryl/α,β-unsaturated/α-hetero) is 1. The van der Waals surface area contributed by atoms with Crippen LogP contribution >= 0.6 is 0 Å². The number of hydrogen-bond acceptors (Lipinski definition) is 5. The highest BCUT2D eigenvalue weighted by molar-refractivity contribution is 5.98. The molecule has 7 heteroatoms. The van der Waals surface area contributed by atoms with E-state index in [1.165, 1.54) is 30.5 Å². The molecule has 0 bridgehead atoms. The molecule has 5 rings (SSSR count). The van der Waals surface area contributed by atoms with Gasteiger partial charge in [0.2, 0.25) is 0 Å². The topological polar surface area (TPSA) is 84.9 Å². The van der Waals surface area contributed by atoms with Crippen LogP contribution in [-0.4, -0.2) is 20.7 Å². The number of ether oxygens (including phenoxy) is 1. The van der Waals surface area contributed by atoms with Crippen molar-refractivity contribution in [3.8, 4) is 22.6 Å². The highest BCUT2D eigenvalue weighted by atomic mass is 19.1. The molecular formula is C31H26FN3O3. The lowest BCUT2D eigenvalue weighted by molar-refractivity contribution is 0.0991.